The van der Waals surface area contributed by atoms with Gasteiger partial charge in [-0.15, -0.1) is 0 Å². The molecule has 112 valence electrons. The first-order chi connectivity index (χ1) is 9.50. The molecule has 0 atom stereocenters. The number of sulfone groups is 1. The molecule has 0 unspecified atom stereocenters. The summed E-state index contributed by atoms with van der Waals surface area (Å²) >= 11 is 0. The molecule has 1 N–H and O–H groups in total. The van der Waals surface area contributed by atoms with Crippen molar-refractivity contribution in [3.8, 4) is 0 Å². The van der Waals surface area contributed by atoms with Crippen LogP contribution in [-0.2, 0) is 16.4 Å². The fraction of sp³-hybridized carbons (Fsp3) is 0.692. The Hall–Kier alpha value is -1.37. The topological polar surface area (TPSA) is 81.1 Å². The molecule has 0 aromatic carbocycles. The maximum absolute atomic E-state index is 11.9. The zero-order chi connectivity index (χ0) is 14.6. The first-order valence-electron chi connectivity index (χ1n) is 7.01. The summed E-state index contributed by atoms with van der Waals surface area (Å²) in [6.07, 6.45) is 5.55. The molecule has 0 radical (unpaired) electrons. The van der Waals surface area contributed by atoms with Crippen LogP contribution in [0.3, 0.4) is 0 Å². The van der Waals surface area contributed by atoms with Crippen LogP contribution in [0.4, 0.5) is 0 Å². The van der Waals surface area contributed by atoms with Crippen molar-refractivity contribution in [2.45, 2.75) is 32.7 Å². The number of aryl methyl sites for hydroxylation is 1. The molecule has 1 aromatic rings. The lowest BCUT2D eigenvalue weighted by molar-refractivity contribution is 0.0951. The van der Waals surface area contributed by atoms with Crippen LogP contribution >= 0.6 is 0 Å². The van der Waals surface area contributed by atoms with Crippen molar-refractivity contribution in [2.24, 2.45) is 5.92 Å². The molecule has 0 spiro atoms. The highest BCUT2D eigenvalue weighted by Gasteiger charge is 2.23. The number of carbonyl (C=O) groups excluding carboxylic acids is 1. The van der Waals surface area contributed by atoms with E-state index >= 15 is 0 Å². The van der Waals surface area contributed by atoms with Crippen molar-refractivity contribution in [1.29, 1.82) is 0 Å². The minimum absolute atomic E-state index is 0.117. The third-order valence-corrected chi connectivity index (χ3v) is 5.45. The predicted octanol–water partition coefficient (Wildman–Crippen LogP) is 0.848. The summed E-state index contributed by atoms with van der Waals surface area (Å²) in [7, 11) is -2.80. The molecule has 1 amide bonds. The van der Waals surface area contributed by atoms with Crippen LogP contribution in [0, 0.1) is 5.92 Å². The van der Waals surface area contributed by atoms with Crippen LogP contribution in [0.1, 0.15) is 36.5 Å². The molecule has 6 nitrogen and oxygen atoms in total. The lowest BCUT2D eigenvalue weighted by atomic mass is 9.99. The number of rotatable bonds is 5. The molecule has 0 saturated carbocycles. The molecule has 2 heterocycles. The highest BCUT2D eigenvalue weighted by atomic mass is 32.2. The normalized spacial score (nSPS) is 18.9. The Morgan fingerprint density at radius 2 is 2.15 bits per heavy atom. The molecule has 20 heavy (non-hydrogen) atoms. The second-order valence-corrected chi connectivity index (χ2v) is 7.53. The average Bonchev–Trinajstić information content (AvgIpc) is 2.89. The van der Waals surface area contributed by atoms with E-state index in [9.17, 15) is 13.2 Å². The van der Waals surface area contributed by atoms with Crippen LogP contribution in [-0.4, -0.2) is 42.2 Å². The number of nitrogens with zero attached hydrogens (tertiary/aromatic N) is 2. The number of hydrogen-bond acceptors (Lipinski definition) is 4. The monoisotopic (exact) mass is 299 g/mol. The molecule has 7 heteroatoms. The van der Waals surface area contributed by atoms with Gasteiger partial charge < -0.3 is 5.32 Å². The minimum Gasteiger partial charge on any atom is -0.352 e. The van der Waals surface area contributed by atoms with Crippen molar-refractivity contribution in [2.75, 3.05) is 18.1 Å². The summed E-state index contributed by atoms with van der Waals surface area (Å²) in [6, 6.07) is 0. The highest BCUT2D eigenvalue weighted by molar-refractivity contribution is 7.91. The third-order valence-electron chi connectivity index (χ3n) is 3.73. The number of hydrogen-bond donors (Lipinski definition) is 1. The molecular weight excluding hydrogens is 278 g/mol. The van der Waals surface area contributed by atoms with Crippen molar-refractivity contribution in [3.63, 3.8) is 0 Å². The van der Waals surface area contributed by atoms with Gasteiger partial charge in [0.05, 0.1) is 23.3 Å². The van der Waals surface area contributed by atoms with Gasteiger partial charge in [-0.3, -0.25) is 9.48 Å². The van der Waals surface area contributed by atoms with E-state index in [4.69, 9.17) is 0 Å². The smallest absolute Gasteiger partial charge is 0.254 e. The standard InChI is InChI=1S/C13H21N3O3S/c1-2-16-10-12(9-15-16)13(17)14-6-3-11-4-7-20(18,19)8-5-11/h9-11H,2-8H2,1H3,(H,14,17). The SMILES string of the molecule is CCn1cc(C(=O)NCCC2CCS(=O)(=O)CC2)cn1. The van der Waals surface area contributed by atoms with Crippen LogP contribution in [0.15, 0.2) is 12.4 Å². The van der Waals surface area contributed by atoms with Crippen LogP contribution in [0.25, 0.3) is 0 Å². The van der Waals surface area contributed by atoms with E-state index in [1.807, 2.05) is 6.92 Å². The minimum atomic E-state index is -2.80. The van der Waals surface area contributed by atoms with Gasteiger partial charge in [0.25, 0.3) is 5.91 Å². The Kier molecular flexibility index (Phi) is 4.80. The first-order valence-corrected chi connectivity index (χ1v) is 8.83. The van der Waals surface area contributed by atoms with Gasteiger partial charge in [0.2, 0.25) is 0 Å². The van der Waals surface area contributed by atoms with Crippen molar-refractivity contribution < 1.29 is 13.2 Å². The van der Waals surface area contributed by atoms with Crippen LogP contribution in [0.2, 0.25) is 0 Å². The zero-order valence-electron chi connectivity index (χ0n) is 11.7. The lowest BCUT2D eigenvalue weighted by Gasteiger charge is -2.21. The Bertz CT molecular complexity index is 551. The second-order valence-electron chi connectivity index (χ2n) is 5.22. The summed E-state index contributed by atoms with van der Waals surface area (Å²) in [6.45, 7) is 3.29. The van der Waals surface area contributed by atoms with Gasteiger partial charge in [0.1, 0.15) is 9.84 Å². The van der Waals surface area contributed by atoms with E-state index in [0.29, 0.717) is 30.9 Å². The third kappa shape index (κ3) is 4.06. The molecular formula is C13H21N3O3S. The molecule has 1 saturated heterocycles. The lowest BCUT2D eigenvalue weighted by Crippen LogP contribution is -2.29. The van der Waals surface area contributed by atoms with Gasteiger partial charge in [-0.25, -0.2) is 8.42 Å². The van der Waals surface area contributed by atoms with Gasteiger partial charge in [-0.05, 0) is 32.1 Å². The second kappa shape index (κ2) is 6.39. The predicted molar refractivity (Wildman–Crippen MR) is 76.2 cm³/mol. The Balaban J connectivity index is 1.72. The van der Waals surface area contributed by atoms with E-state index in [2.05, 4.69) is 10.4 Å². The fourth-order valence-electron chi connectivity index (χ4n) is 2.37. The Morgan fingerprint density at radius 1 is 1.45 bits per heavy atom. The van der Waals surface area contributed by atoms with E-state index < -0.39 is 9.84 Å². The molecule has 2 rings (SSSR count). The maximum Gasteiger partial charge on any atom is 0.254 e. The summed E-state index contributed by atoms with van der Waals surface area (Å²) < 4.78 is 24.3. The van der Waals surface area contributed by atoms with Crippen LogP contribution in [0.5, 0.6) is 0 Å². The van der Waals surface area contributed by atoms with Crippen molar-refractivity contribution >= 4 is 15.7 Å². The fourth-order valence-corrected chi connectivity index (χ4v) is 3.96. The maximum atomic E-state index is 11.9. The molecule has 1 aliphatic rings. The van der Waals surface area contributed by atoms with Gasteiger partial charge >= 0.3 is 0 Å². The van der Waals surface area contributed by atoms with Gasteiger partial charge in [0, 0.05) is 19.3 Å². The Morgan fingerprint density at radius 3 is 2.75 bits per heavy atom. The van der Waals surface area contributed by atoms with E-state index in [1.165, 1.54) is 0 Å². The van der Waals surface area contributed by atoms with E-state index in [-0.39, 0.29) is 17.4 Å². The van der Waals surface area contributed by atoms with Gasteiger partial charge in [0.15, 0.2) is 0 Å². The largest absolute Gasteiger partial charge is 0.352 e. The van der Waals surface area contributed by atoms with E-state index in [1.54, 1.807) is 17.1 Å². The molecule has 0 aliphatic carbocycles. The summed E-state index contributed by atoms with van der Waals surface area (Å²) in [5.74, 6) is 0.856. The van der Waals surface area contributed by atoms with Crippen LogP contribution < -0.4 is 5.32 Å². The molecule has 0 bridgehead atoms. The zero-order valence-corrected chi connectivity index (χ0v) is 12.5. The number of carbonyl (C=O) groups is 1. The quantitative estimate of drug-likeness (QED) is 0.874. The molecule has 1 aliphatic heterocycles. The number of nitrogens with one attached hydrogen (secondary N) is 1. The summed E-state index contributed by atoms with van der Waals surface area (Å²) in [5.41, 5.74) is 0.568. The van der Waals surface area contributed by atoms with Crippen molar-refractivity contribution in [1.82, 2.24) is 15.1 Å². The Labute approximate surface area is 119 Å². The highest BCUT2D eigenvalue weighted by Crippen LogP contribution is 2.21. The molecule has 1 aromatic heterocycles. The summed E-state index contributed by atoms with van der Waals surface area (Å²) in [5, 5.41) is 6.92. The summed E-state index contributed by atoms with van der Waals surface area (Å²) in [4.78, 5) is 11.9. The van der Waals surface area contributed by atoms with Gasteiger partial charge in [-0.2, -0.15) is 5.10 Å². The molecule has 1 fully saturated rings. The number of aromatic nitrogens is 2. The van der Waals surface area contributed by atoms with Gasteiger partial charge in [-0.1, -0.05) is 0 Å². The number of amides is 1. The van der Waals surface area contributed by atoms with E-state index in [0.717, 1.165) is 13.0 Å². The van der Waals surface area contributed by atoms with Crippen molar-refractivity contribution in [3.05, 3.63) is 18.0 Å². The average molecular weight is 299 g/mol. The first kappa shape index (κ1) is 15.0.